The molecule has 0 bridgehead atoms. The van der Waals surface area contributed by atoms with E-state index in [1.165, 1.54) is 11.1 Å². The molecule has 0 aliphatic carbocycles. The van der Waals surface area contributed by atoms with Crippen molar-refractivity contribution in [1.82, 2.24) is 9.38 Å². The van der Waals surface area contributed by atoms with Crippen molar-refractivity contribution in [3.63, 3.8) is 0 Å². The summed E-state index contributed by atoms with van der Waals surface area (Å²) in [5.41, 5.74) is 5.23. The Kier molecular flexibility index (Phi) is 3.80. The summed E-state index contributed by atoms with van der Waals surface area (Å²) in [6.07, 6.45) is 3.71. The van der Waals surface area contributed by atoms with Crippen LogP contribution in [0.3, 0.4) is 0 Å². The van der Waals surface area contributed by atoms with E-state index in [0.29, 0.717) is 5.92 Å². The molecule has 0 atom stereocenters. The maximum Gasteiger partial charge on any atom is 0.156 e. The molecule has 0 unspecified atom stereocenters. The van der Waals surface area contributed by atoms with Gasteiger partial charge in [-0.1, -0.05) is 26.0 Å². The largest absolute Gasteiger partial charge is 0.463 e. The fraction of sp³-hybridized carbons (Fsp3) is 0.190. The molecule has 3 heterocycles. The molecule has 4 aromatic rings. The van der Waals surface area contributed by atoms with E-state index in [-0.39, 0.29) is 0 Å². The zero-order chi connectivity index (χ0) is 17.4. The van der Waals surface area contributed by atoms with Gasteiger partial charge in [-0.05, 0) is 60.4 Å². The molecule has 126 valence electrons. The third kappa shape index (κ3) is 2.91. The van der Waals surface area contributed by atoms with Gasteiger partial charge in [-0.2, -0.15) is 0 Å². The van der Waals surface area contributed by atoms with Crippen molar-refractivity contribution in [3.05, 3.63) is 72.1 Å². The normalized spacial score (nSPS) is 11.4. The van der Waals surface area contributed by atoms with E-state index >= 15 is 0 Å². The van der Waals surface area contributed by atoms with Crippen LogP contribution < -0.4 is 5.32 Å². The Morgan fingerprint density at radius 3 is 2.56 bits per heavy atom. The predicted molar refractivity (Wildman–Crippen MR) is 101 cm³/mol. The second kappa shape index (κ2) is 6.13. The van der Waals surface area contributed by atoms with E-state index in [9.17, 15) is 0 Å². The molecule has 0 spiro atoms. The molecule has 0 aliphatic rings. The van der Waals surface area contributed by atoms with Crippen molar-refractivity contribution in [3.8, 4) is 11.5 Å². The smallest absolute Gasteiger partial charge is 0.156 e. The van der Waals surface area contributed by atoms with Gasteiger partial charge in [0.15, 0.2) is 5.76 Å². The molecule has 0 amide bonds. The number of imidazole rings is 1. The summed E-state index contributed by atoms with van der Waals surface area (Å²) in [4.78, 5) is 4.76. The second-order valence-corrected chi connectivity index (χ2v) is 6.62. The van der Waals surface area contributed by atoms with Crippen molar-refractivity contribution >= 4 is 17.2 Å². The number of hydrogen-bond donors (Lipinski definition) is 1. The number of anilines is 2. The Labute approximate surface area is 147 Å². The van der Waals surface area contributed by atoms with Gasteiger partial charge in [0.05, 0.1) is 6.26 Å². The summed E-state index contributed by atoms with van der Waals surface area (Å²) >= 11 is 0. The summed E-state index contributed by atoms with van der Waals surface area (Å²) in [5.74, 6) is 2.18. The lowest BCUT2D eigenvalue weighted by Crippen LogP contribution is -1.97. The molecule has 4 nitrogen and oxygen atoms in total. The minimum Gasteiger partial charge on any atom is -0.463 e. The van der Waals surface area contributed by atoms with Crippen LogP contribution in [0.15, 0.2) is 65.4 Å². The van der Waals surface area contributed by atoms with Gasteiger partial charge in [0.1, 0.15) is 17.2 Å². The summed E-state index contributed by atoms with van der Waals surface area (Å²) < 4.78 is 7.65. The fourth-order valence-corrected chi connectivity index (χ4v) is 2.94. The van der Waals surface area contributed by atoms with Crippen molar-refractivity contribution < 1.29 is 4.42 Å². The van der Waals surface area contributed by atoms with E-state index in [1.54, 1.807) is 6.26 Å². The van der Waals surface area contributed by atoms with Crippen LogP contribution in [-0.4, -0.2) is 9.38 Å². The first-order valence-corrected chi connectivity index (χ1v) is 8.51. The highest BCUT2D eigenvalue weighted by atomic mass is 16.3. The summed E-state index contributed by atoms with van der Waals surface area (Å²) in [6.45, 7) is 6.47. The topological polar surface area (TPSA) is 42.5 Å². The standard InChI is InChI=1S/C21H21N3O/c1-14(2)16-6-8-17(9-7-16)22-21-20(18-5-4-12-25-18)23-19-13-15(3)10-11-24(19)21/h4-14,22H,1-3H3. The lowest BCUT2D eigenvalue weighted by molar-refractivity contribution is 0.581. The molecule has 0 radical (unpaired) electrons. The van der Waals surface area contributed by atoms with Gasteiger partial charge in [-0.25, -0.2) is 4.98 Å². The number of pyridine rings is 1. The average molecular weight is 331 g/mol. The van der Waals surface area contributed by atoms with Crippen LogP contribution in [-0.2, 0) is 0 Å². The molecule has 4 heteroatoms. The first kappa shape index (κ1) is 15.5. The van der Waals surface area contributed by atoms with E-state index in [0.717, 1.165) is 28.6 Å². The number of fused-ring (bicyclic) bond motifs is 1. The molecule has 4 rings (SSSR count). The molecular weight excluding hydrogens is 310 g/mol. The lowest BCUT2D eigenvalue weighted by Gasteiger charge is -2.10. The Morgan fingerprint density at radius 2 is 1.88 bits per heavy atom. The molecule has 1 aromatic carbocycles. The van der Waals surface area contributed by atoms with Gasteiger partial charge in [0.25, 0.3) is 0 Å². The highest BCUT2D eigenvalue weighted by molar-refractivity contribution is 5.77. The Balaban J connectivity index is 1.80. The number of furan rings is 1. The average Bonchev–Trinajstić information content (AvgIpc) is 3.23. The molecule has 0 aliphatic heterocycles. The molecule has 0 saturated carbocycles. The zero-order valence-corrected chi connectivity index (χ0v) is 14.7. The molecule has 1 N–H and O–H groups in total. The third-order valence-corrected chi connectivity index (χ3v) is 4.38. The van der Waals surface area contributed by atoms with Gasteiger partial charge in [-0.3, -0.25) is 4.40 Å². The summed E-state index contributed by atoms with van der Waals surface area (Å²) in [6, 6.07) is 16.5. The van der Waals surface area contributed by atoms with Crippen LogP contribution in [0.1, 0.15) is 30.9 Å². The van der Waals surface area contributed by atoms with E-state index in [4.69, 9.17) is 9.40 Å². The van der Waals surface area contributed by atoms with Crippen LogP contribution in [0.25, 0.3) is 17.1 Å². The number of nitrogens with one attached hydrogen (secondary N) is 1. The van der Waals surface area contributed by atoms with E-state index in [2.05, 4.69) is 66.9 Å². The van der Waals surface area contributed by atoms with Gasteiger partial charge in [-0.15, -0.1) is 0 Å². The quantitative estimate of drug-likeness (QED) is 0.516. The van der Waals surface area contributed by atoms with Crippen molar-refractivity contribution in [2.45, 2.75) is 26.7 Å². The van der Waals surface area contributed by atoms with E-state index in [1.807, 2.05) is 18.3 Å². The third-order valence-electron chi connectivity index (χ3n) is 4.38. The first-order valence-electron chi connectivity index (χ1n) is 8.51. The van der Waals surface area contributed by atoms with Crippen LogP contribution >= 0.6 is 0 Å². The van der Waals surface area contributed by atoms with Crippen LogP contribution in [0.4, 0.5) is 11.5 Å². The van der Waals surface area contributed by atoms with Crippen LogP contribution in [0, 0.1) is 6.92 Å². The number of aryl methyl sites for hydroxylation is 1. The van der Waals surface area contributed by atoms with Crippen molar-refractivity contribution in [2.75, 3.05) is 5.32 Å². The minimum absolute atomic E-state index is 0.520. The zero-order valence-electron chi connectivity index (χ0n) is 14.7. The number of rotatable bonds is 4. The first-order chi connectivity index (χ1) is 12.1. The lowest BCUT2D eigenvalue weighted by atomic mass is 10.0. The number of benzene rings is 1. The maximum absolute atomic E-state index is 5.59. The Morgan fingerprint density at radius 1 is 1.08 bits per heavy atom. The molecule has 3 aromatic heterocycles. The summed E-state index contributed by atoms with van der Waals surface area (Å²) in [7, 11) is 0. The highest BCUT2D eigenvalue weighted by Crippen LogP contribution is 2.32. The maximum atomic E-state index is 5.59. The SMILES string of the molecule is Cc1ccn2c(Nc3ccc(C(C)C)cc3)c(-c3ccco3)nc2c1. The number of aromatic nitrogens is 2. The van der Waals surface area contributed by atoms with Gasteiger partial charge in [0.2, 0.25) is 0 Å². The van der Waals surface area contributed by atoms with Gasteiger partial charge in [0, 0.05) is 11.9 Å². The van der Waals surface area contributed by atoms with E-state index < -0.39 is 0 Å². The Hall–Kier alpha value is -3.01. The molecule has 0 fully saturated rings. The molecule has 25 heavy (non-hydrogen) atoms. The Bertz CT molecular complexity index is 996. The van der Waals surface area contributed by atoms with Crippen LogP contribution in [0.5, 0.6) is 0 Å². The predicted octanol–water partition coefficient (Wildman–Crippen LogP) is 5.77. The highest BCUT2D eigenvalue weighted by Gasteiger charge is 2.16. The monoisotopic (exact) mass is 331 g/mol. The summed E-state index contributed by atoms with van der Waals surface area (Å²) in [5, 5.41) is 3.51. The van der Waals surface area contributed by atoms with Crippen LogP contribution in [0.2, 0.25) is 0 Å². The molecule has 0 saturated heterocycles. The molecular formula is C21H21N3O. The number of nitrogens with zero attached hydrogens (tertiary/aromatic N) is 2. The van der Waals surface area contributed by atoms with Crippen molar-refractivity contribution in [1.29, 1.82) is 0 Å². The second-order valence-electron chi connectivity index (χ2n) is 6.62. The van der Waals surface area contributed by atoms with Gasteiger partial charge < -0.3 is 9.73 Å². The fourth-order valence-electron chi connectivity index (χ4n) is 2.94. The van der Waals surface area contributed by atoms with Gasteiger partial charge >= 0.3 is 0 Å². The number of hydrogen-bond acceptors (Lipinski definition) is 3. The minimum atomic E-state index is 0.520. The van der Waals surface area contributed by atoms with Crippen molar-refractivity contribution in [2.24, 2.45) is 0 Å².